The van der Waals surface area contributed by atoms with E-state index in [-0.39, 0.29) is 12.0 Å². The minimum atomic E-state index is -1.80. The highest BCUT2D eigenvalue weighted by Crippen LogP contribution is 2.26. The van der Waals surface area contributed by atoms with E-state index in [4.69, 9.17) is 23.2 Å². The molecule has 0 aromatic heterocycles. The van der Waals surface area contributed by atoms with Gasteiger partial charge in [-0.2, -0.15) is 0 Å². The van der Waals surface area contributed by atoms with Gasteiger partial charge < -0.3 is 5.11 Å². The standard InChI is InChI=1S/C8H6Cl2O3/c9-6(11)5-2-1-3-8(13,4-5)7(10)12/h1-3,13H,4H2. The van der Waals surface area contributed by atoms with Gasteiger partial charge in [-0.05, 0) is 29.3 Å². The smallest absolute Gasteiger partial charge is 0.257 e. The monoisotopic (exact) mass is 220 g/mol. The maximum atomic E-state index is 10.8. The average Bonchev–Trinajstić information content (AvgIpc) is 2.04. The molecule has 0 heterocycles. The summed E-state index contributed by atoms with van der Waals surface area (Å²) < 4.78 is 0. The van der Waals surface area contributed by atoms with Crippen molar-refractivity contribution in [3.63, 3.8) is 0 Å². The van der Waals surface area contributed by atoms with Crippen molar-refractivity contribution in [1.82, 2.24) is 0 Å². The van der Waals surface area contributed by atoms with Crippen molar-refractivity contribution < 1.29 is 14.7 Å². The van der Waals surface area contributed by atoms with Gasteiger partial charge in [0.15, 0.2) is 5.60 Å². The maximum absolute atomic E-state index is 10.8. The molecule has 3 nitrogen and oxygen atoms in total. The third-order valence-corrected chi connectivity index (χ3v) is 2.29. The fourth-order valence-electron chi connectivity index (χ4n) is 1.00. The lowest BCUT2D eigenvalue weighted by molar-refractivity contribution is -0.124. The predicted octanol–water partition coefficient (Wildman–Crippen LogP) is 1.13. The van der Waals surface area contributed by atoms with Crippen molar-refractivity contribution in [1.29, 1.82) is 0 Å². The molecule has 0 amide bonds. The lowest BCUT2D eigenvalue weighted by Gasteiger charge is -2.22. The zero-order valence-electron chi connectivity index (χ0n) is 6.46. The molecule has 0 bridgehead atoms. The van der Waals surface area contributed by atoms with E-state index < -0.39 is 16.1 Å². The van der Waals surface area contributed by atoms with Crippen LogP contribution < -0.4 is 0 Å². The van der Waals surface area contributed by atoms with Crippen LogP contribution >= 0.6 is 23.2 Å². The van der Waals surface area contributed by atoms with Crippen molar-refractivity contribution in [3.05, 3.63) is 23.8 Å². The summed E-state index contributed by atoms with van der Waals surface area (Å²) in [4.78, 5) is 21.5. The molecule has 0 spiro atoms. The van der Waals surface area contributed by atoms with Gasteiger partial charge >= 0.3 is 0 Å². The Morgan fingerprint density at radius 2 is 2.08 bits per heavy atom. The molecule has 70 valence electrons. The van der Waals surface area contributed by atoms with E-state index in [9.17, 15) is 14.7 Å². The first-order chi connectivity index (χ1) is 5.96. The minimum Gasteiger partial charge on any atom is -0.376 e. The van der Waals surface area contributed by atoms with Crippen molar-refractivity contribution in [2.75, 3.05) is 0 Å². The molecule has 1 rings (SSSR count). The molecule has 0 radical (unpaired) electrons. The second-order valence-electron chi connectivity index (χ2n) is 2.70. The molecule has 0 aromatic rings. The van der Waals surface area contributed by atoms with E-state index in [1.807, 2.05) is 0 Å². The summed E-state index contributed by atoms with van der Waals surface area (Å²) in [5.41, 5.74) is -1.63. The number of carbonyl (C=O) groups is 2. The Kier molecular flexibility index (Phi) is 2.91. The van der Waals surface area contributed by atoms with Gasteiger partial charge in [0.2, 0.25) is 5.24 Å². The van der Waals surface area contributed by atoms with Crippen LogP contribution in [-0.4, -0.2) is 21.2 Å². The van der Waals surface area contributed by atoms with Gasteiger partial charge in [-0.25, -0.2) is 0 Å². The molecular formula is C8H6Cl2O3. The van der Waals surface area contributed by atoms with Crippen molar-refractivity contribution in [2.24, 2.45) is 0 Å². The van der Waals surface area contributed by atoms with Crippen molar-refractivity contribution in [3.8, 4) is 0 Å². The van der Waals surface area contributed by atoms with E-state index in [0.29, 0.717) is 0 Å². The fourth-order valence-corrected chi connectivity index (χ4v) is 1.26. The van der Waals surface area contributed by atoms with Crippen LogP contribution in [0.2, 0.25) is 0 Å². The first-order valence-corrected chi connectivity index (χ1v) is 4.22. The predicted molar refractivity (Wildman–Crippen MR) is 48.5 cm³/mol. The largest absolute Gasteiger partial charge is 0.376 e. The van der Waals surface area contributed by atoms with Crippen LogP contribution in [0.3, 0.4) is 0 Å². The summed E-state index contributed by atoms with van der Waals surface area (Å²) in [6.07, 6.45) is 3.86. The van der Waals surface area contributed by atoms with E-state index in [2.05, 4.69) is 0 Å². The molecule has 13 heavy (non-hydrogen) atoms. The van der Waals surface area contributed by atoms with Crippen molar-refractivity contribution in [2.45, 2.75) is 12.0 Å². The zero-order chi connectivity index (χ0) is 10.1. The molecule has 0 saturated carbocycles. The van der Waals surface area contributed by atoms with E-state index in [1.54, 1.807) is 0 Å². The van der Waals surface area contributed by atoms with Gasteiger partial charge in [-0.1, -0.05) is 12.2 Å². The number of hydrogen-bond acceptors (Lipinski definition) is 3. The van der Waals surface area contributed by atoms with Crippen molar-refractivity contribution >= 4 is 33.7 Å². The Balaban J connectivity index is 2.92. The summed E-state index contributed by atoms with van der Waals surface area (Å²) in [6.45, 7) is 0. The fraction of sp³-hybridized carbons (Fsp3) is 0.250. The molecule has 0 saturated heterocycles. The summed E-state index contributed by atoms with van der Waals surface area (Å²) >= 11 is 10.3. The Labute approximate surface area is 84.6 Å². The molecule has 0 aliphatic heterocycles. The number of allylic oxidation sites excluding steroid dienone is 2. The van der Waals surface area contributed by atoms with Crippen LogP contribution in [0.15, 0.2) is 23.8 Å². The number of carbonyl (C=O) groups excluding carboxylic acids is 2. The number of rotatable bonds is 2. The third kappa shape index (κ3) is 2.18. The van der Waals surface area contributed by atoms with E-state index in [0.717, 1.165) is 0 Å². The molecule has 0 fully saturated rings. The minimum absolute atomic E-state index is 0.167. The van der Waals surface area contributed by atoms with E-state index >= 15 is 0 Å². The summed E-state index contributed by atoms with van der Waals surface area (Å²) in [7, 11) is 0. The van der Waals surface area contributed by atoms with Crippen LogP contribution in [-0.2, 0) is 9.59 Å². The number of aliphatic hydroxyl groups is 1. The van der Waals surface area contributed by atoms with Gasteiger partial charge in [-0.3, -0.25) is 9.59 Å². The molecule has 1 aliphatic rings. The molecule has 1 aliphatic carbocycles. The van der Waals surface area contributed by atoms with Crippen LogP contribution in [0.5, 0.6) is 0 Å². The average molecular weight is 221 g/mol. The van der Waals surface area contributed by atoms with Gasteiger partial charge in [0.05, 0.1) is 0 Å². The first-order valence-electron chi connectivity index (χ1n) is 3.46. The Hall–Kier alpha value is -0.640. The SMILES string of the molecule is O=C(Cl)C1=CC=CC(O)(C(=O)Cl)C1. The van der Waals surface area contributed by atoms with Gasteiger partial charge in [0, 0.05) is 12.0 Å². The summed E-state index contributed by atoms with van der Waals surface area (Å²) in [5, 5.41) is 7.93. The Morgan fingerprint density at radius 3 is 2.54 bits per heavy atom. The Morgan fingerprint density at radius 1 is 1.46 bits per heavy atom. The lowest BCUT2D eigenvalue weighted by Crippen LogP contribution is -2.35. The van der Waals surface area contributed by atoms with Gasteiger partial charge in [0.1, 0.15) is 0 Å². The maximum Gasteiger partial charge on any atom is 0.257 e. The molecule has 1 atom stereocenters. The summed E-state index contributed by atoms with van der Waals surface area (Å²) in [5.74, 6) is 0. The second-order valence-corrected chi connectivity index (χ2v) is 3.39. The highest BCUT2D eigenvalue weighted by atomic mass is 35.5. The highest BCUT2D eigenvalue weighted by molar-refractivity contribution is 6.68. The first kappa shape index (κ1) is 10.4. The topological polar surface area (TPSA) is 54.4 Å². The van der Waals surface area contributed by atoms with Crippen LogP contribution in [0.4, 0.5) is 0 Å². The summed E-state index contributed by atoms with van der Waals surface area (Å²) in [6, 6.07) is 0. The van der Waals surface area contributed by atoms with Gasteiger partial charge in [-0.15, -0.1) is 0 Å². The van der Waals surface area contributed by atoms with Crippen LogP contribution in [0.25, 0.3) is 0 Å². The highest BCUT2D eigenvalue weighted by Gasteiger charge is 2.35. The second kappa shape index (κ2) is 3.62. The zero-order valence-corrected chi connectivity index (χ0v) is 7.97. The van der Waals surface area contributed by atoms with Crippen LogP contribution in [0, 0.1) is 0 Å². The molecule has 1 unspecified atom stereocenters. The Bertz CT molecular complexity index is 319. The quantitative estimate of drug-likeness (QED) is 0.711. The molecule has 0 aromatic carbocycles. The van der Waals surface area contributed by atoms with E-state index in [1.165, 1.54) is 18.2 Å². The molecule has 5 heteroatoms. The number of hydrogen-bond donors (Lipinski definition) is 1. The molecule has 1 N–H and O–H groups in total. The normalized spacial score (nSPS) is 26.8. The van der Waals surface area contributed by atoms with Crippen LogP contribution in [0.1, 0.15) is 6.42 Å². The third-order valence-electron chi connectivity index (χ3n) is 1.72. The van der Waals surface area contributed by atoms with Gasteiger partial charge in [0.25, 0.3) is 5.24 Å². The molecular weight excluding hydrogens is 215 g/mol. The number of halogens is 2. The lowest BCUT2D eigenvalue weighted by atomic mass is 9.91.